The molecule has 0 radical (unpaired) electrons. The van der Waals surface area contributed by atoms with Crippen LogP contribution in [0.25, 0.3) is 0 Å². The van der Waals surface area contributed by atoms with Crippen molar-refractivity contribution in [3.63, 3.8) is 0 Å². The Balaban J connectivity index is 1.55. The van der Waals surface area contributed by atoms with Crippen molar-refractivity contribution in [1.82, 2.24) is 9.97 Å². The number of aromatic nitrogens is 2. The standard InChI is InChI=1S/C15H20N4O2/c1-11-2-4-15(5-3-11)20-10-12(21-15)9-19-14-13(8-16)17-6-7-18-14/h6-7,11-12H,2-5,9-10H2,1H3,(H,18,19)/t11?,12-,15?/m0/s1. The maximum absolute atomic E-state index is 8.99. The maximum Gasteiger partial charge on any atom is 0.182 e. The molecule has 1 aromatic rings. The van der Waals surface area contributed by atoms with Crippen LogP contribution in [0.3, 0.4) is 0 Å². The Morgan fingerprint density at radius 1 is 1.38 bits per heavy atom. The van der Waals surface area contributed by atoms with E-state index in [9.17, 15) is 0 Å². The maximum atomic E-state index is 8.99. The summed E-state index contributed by atoms with van der Waals surface area (Å²) in [5.41, 5.74) is 0.303. The fourth-order valence-electron chi connectivity index (χ4n) is 2.94. The minimum absolute atomic E-state index is 0.00745. The van der Waals surface area contributed by atoms with E-state index in [0.717, 1.165) is 31.6 Å². The predicted octanol–water partition coefficient (Wildman–Crippen LogP) is 2.08. The number of ether oxygens (including phenoxy) is 2. The first-order valence-electron chi connectivity index (χ1n) is 7.47. The first-order valence-corrected chi connectivity index (χ1v) is 7.47. The van der Waals surface area contributed by atoms with E-state index in [4.69, 9.17) is 14.7 Å². The molecule has 0 unspecified atom stereocenters. The van der Waals surface area contributed by atoms with Crippen molar-refractivity contribution in [2.75, 3.05) is 18.5 Å². The summed E-state index contributed by atoms with van der Waals surface area (Å²) in [5.74, 6) is 0.888. The third-order valence-electron chi connectivity index (χ3n) is 4.25. The number of nitrogens with one attached hydrogen (secondary N) is 1. The summed E-state index contributed by atoms with van der Waals surface area (Å²) >= 11 is 0. The molecule has 1 spiro atoms. The number of hydrogen-bond acceptors (Lipinski definition) is 6. The van der Waals surface area contributed by atoms with Gasteiger partial charge in [-0.15, -0.1) is 0 Å². The largest absolute Gasteiger partial charge is 0.365 e. The third-order valence-corrected chi connectivity index (χ3v) is 4.25. The molecule has 0 bridgehead atoms. The lowest BCUT2D eigenvalue weighted by Crippen LogP contribution is -2.36. The molecule has 1 saturated heterocycles. The van der Waals surface area contributed by atoms with Crippen LogP contribution in [0, 0.1) is 17.2 Å². The molecule has 1 aliphatic carbocycles. The normalized spacial score (nSPS) is 32.0. The van der Waals surface area contributed by atoms with E-state index in [1.165, 1.54) is 6.20 Å². The molecule has 1 N–H and O–H groups in total. The van der Waals surface area contributed by atoms with Crippen molar-refractivity contribution in [2.24, 2.45) is 5.92 Å². The van der Waals surface area contributed by atoms with Gasteiger partial charge in [-0.05, 0) is 18.8 Å². The van der Waals surface area contributed by atoms with Crippen LogP contribution in [0.2, 0.25) is 0 Å². The number of nitrogens with zero attached hydrogens (tertiary/aromatic N) is 3. The highest BCUT2D eigenvalue weighted by Crippen LogP contribution is 2.39. The molecule has 6 heteroatoms. The molecule has 112 valence electrons. The second-order valence-corrected chi connectivity index (χ2v) is 5.89. The molecular weight excluding hydrogens is 268 g/mol. The van der Waals surface area contributed by atoms with Crippen molar-refractivity contribution >= 4 is 5.82 Å². The highest BCUT2D eigenvalue weighted by molar-refractivity contribution is 5.46. The average Bonchev–Trinajstić information content (AvgIpc) is 2.92. The molecule has 1 aromatic heterocycles. The number of anilines is 1. The molecule has 0 amide bonds. The molecule has 2 aliphatic rings. The molecular formula is C15H20N4O2. The fourth-order valence-corrected chi connectivity index (χ4v) is 2.94. The van der Waals surface area contributed by atoms with Crippen LogP contribution >= 0.6 is 0 Å². The van der Waals surface area contributed by atoms with E-state index in [2.05, 4.69) is 22.2 Å². The summed E-state index contributed by atoms with van der Waals surface area (Å²) in [7, 11) is 0. The van der Waals surface area contributed by atoms with Gasteiger partial charge in [0.05, 0.1) is 6.61 Å². The van der Waals surface area contributed by atoms with Gasteiger partial charge in [-0.1, -0.05) is 6.92 Å². The summed E-state index contributed by atoms with van der Waals surface area (Å²) in [5, 5.41) is 12.1. The van der Waals surface area contributed by atoms with E-state index < -0.39 is 0 Å². The Bertz CT molecular complexity index is 535. The quantitative estimate of drug-likeness (QED) is 0.917. The lowest BCUT2D eigenvalue weighted by atomic mass is 9.86. The SMILES string of the molecule is CC1CCC2(CC1)OC[C@H](CNc1nccnc1C#N)O2. The van der Waals surface area contributed by atoms with Gasteiger partial charge in [0.15, 0.2) is 17.3 Å². The number of hydrogen-bond donors (Lipinski definition) is 1. The first kappa shape index (κ1) is 14.2. The fraction of sp³-hybridized carbons (Fsp3) is 0.667. The summed E-state index contributed by atoms with van der Waals surface area (Å²) in [6.07, 6.45) is 7.33. The first-order chi connectivity index (χ1) is 10.2. The second-order valence-electron chi connectivity index (χ2n) is 5.89. The Morgan fingerprint density at radius 2 is 2.14 bits per heavy atom. The highest BCUT2D eigenvalue weighted by Gasteiger charge is 2.43. The third kappa shape index (κ3) is 3.14. The van der Waals surface area contributed by atoms with Gasteiger partial charge in [-0.2, -0.15) is 5.26 Å². The van der Waals surface area contributed by atoms with E-state index in [0.29, 0.717) is 24.7 Å². The van der Waals surface area contributed by atoms with E-state index in [1.54, 1.807) is 6.20 Å². The number of nitriles is 1. The molecule has 6 nitrogen and oxygen atoms in total. The minimum Gasteiger partial charge on any atom is -0.365 e. The minimum atomic E-state index is -0.376. The van der Waals surface area contributed by atoms with Crippen molar-refractivity contribution in [2.45, 2.75) is 44.5 Å². The van der Waals surface area contributed by atoms with E-state index in [-0.39, 0.29) is 11.9 Å². The summed E-state index contributed by atoms with van der Waals surface area (Å²) in [6.45, 7) is 3.44. The van der Waals surface area contributed by atoms with Gasteiger partial charge < -0.3 is 14.8 Å². The van der Waals surface area contributed by atoms with Gasteiger partial charge in [0.25, 0.3) is 0 Å². The van der Waals surface area contributed by atoms with Gasteiger partial charge in [0.1, 0.15) is 12.2 Å². The van der Waals surface area contributed by atoms with Gasteiger partial charge in [0, 0.05) is 31.8 Å². The lowest BCUT2D eigenvalue weighted by molar-refractivity contribution is -0.190. The van der Waals surface area contributed by atoms with Crippen LogP contribution in [0.4, 0.5) is 5.82 Å². The smallest absolute Gasteiger partial charge is 0.182 e. The van der Waals surface area contributed by atoms with Gasteiger partial charge in [0.2, 0.25) is 0 Å². The molecule has 1 saturated carbocycles. The van der Waals surface area contributed by atoms with Crippen LogP contribution in [0.15, 0.2) is 12.4 Å². The molecule has 1 atom stereocenters. The predicted molar refractivity (Wildman–Crippen MR) is 76.4 cm³/mol. The Labute approximate surface area is 124 Å². The van der Waals surface area contributed by atoms with Crippen molar-refractivity contribution in [3.8, 4) is 6.07 Å². The van der Waals surface area contributed by atoms with Crippen LogP contribution < -0.4 is 5.32 Å². The zero-order valence-corrected chi connectivity index (χ0v) is 12.2. The average molecular weight is 288 g/mol. The van der Waals surface area contributed by atoms with Gasteiger partial charge >= 0.3 is 0 Å². The molecule has 2 heterocycles. The summed E-state index contributed by atoms with van der Waals surface area (Å²) in [4.78, 5) is 8.11. The Kier molecular flexibility index (Phi) is 4.04. The van der Waals surface area contributed by atoms with Gasteiger partial charge in [-0.3, -0.25) is 0 Å². The second kappa shape index (κ2) is 5.96. The van der Waals surface area contributed by atoms with Crippen molar-refractivity contribution < 1.29 is 9.47 Å². The van der Waals surface area contributed by atoms with E-state index >= 15 is 0 Å². The Morgan fingerprint density at radius 3 is 2.90 bits per heavy atom. The summed E-state index contributed by atoms with van der Waals surface area (Å²) < 4.78 is 12.0. The molecule has 2 fully saturated rings. The highest BCUT2D eigenvalue weighted by atomic mass is 16.7. The van der Waals surface area contributed by atoms with Crippen LogP contribution in [-0.2, 0) is 9.47 Å². The topological polar surface area (TPSA) is 80.1 Å². The zero-order valence-electron chi connectivity index (χ0n) is 12.2. The zero-order chi connectivity index (χ0) is 14.7. The molecule has 1 aliphatic heterocycles. The van der Waals surface area contributed by atoms with Crippen molar-refractivity contribution in [3.05, 3.63) is 18.1 Å². The molecule has 3 rings (SSSR count). The van der Waals surface area contributed by atoms with Crippen LogP contribution in [0.5, 0.6) is 0 Å². The monoisotopic (exact) mass is 288 g/mol. The Hall–Kier alpha value is -1.71. The molecule has 21 heavy (non-hydrogen) atoms. The lowest BCUT2D eigenvalue weighted by Gasteiger charge is -2.34. The summed E-state index contributed by atoms with van der Waals surface area (Å²) in [6, 6.07) is 2.02. The van der Waals surface area contributed by atoms with Crippen LogP contribution in [-0.4, -0.2) is 35.0 Å². The van der Waals surface area contributed by atoms with E-state index in [1.807, 2.05) is 6.07 Å². The van der Waals surface area contributed by atoms with Crippen LogP contribution in [0.1, 0.15) is 38.3 Å². The van der Waals surface area contributed by atoms with Gasteiger partial charge in [-0.25, -0.2) is 9.97 Å². The number of rotatable bonds is 3. The molecule has 0 aromatic carbocycles. The van der Waals surface area contributed by atoms with Crippen molar-refractivity contribution in [1.29, 1.82) is 5.26 Å².